The summed E-state index contributed by atoms with van der Waals surface area (Å²) in [6, 6.07) is 6.28. The number of halogens is 1. The van der Waals surface area contributed by atoms with Crippen LogP contribution in [-0.2, 0) is 9.47 Å². The SMILES string of the molecule is CCC(N)C(OCCOCC(C)C)c1cccc(F)c1. The molecule has 0 fully saturated rings. The van der Waals surface area contributed by atoms with E-state index in [4.69, 9.17) is 15.2 Å². The third-order valence-electron chi connectivity index (χ3n) is 3.01. The molecule has 1 aromatic carbocycles. The molecule has 0 aliphatic carbocycles. The van der Waals surface area contributed by atoms with Crippen LogP contribution in [0.4, 0.5) is 4.39 Å². The van der Waals surface area contributed by atoms with Crippen molar-refractivity contribution in [3.63, 3.8) is 0 Å². The average molecular weight is 283 g/mol. The minimum atomic E-state index is -0.293. The molecule has 0 spiro atoms. The molecule has 114 valence electrons. The molecule has 0 aliphatic rings. The summed E-state index contributed by atoms with van der Waals surface area (Å²) in [7, 11) is 0. The number of rotatable bonds is 9. The van der Waals surface area contributed by atoms with Crippen LogP contribution < -0.4 is 5.73 Å². The molecule has 4 heteroatoms. The Labute approximate surface area is 121 Å². The van der Waals surface area contributed by atoms with E-state index in [9.17, 15) is 4.39 Å². The molecule has 20 heavy (non-hydrogen) atoms. The van der Waals surface area contributed by atoms with Crippen LogP contribution >= 0.6 is 0 Å². The van der Waals surface area contributed by atoms with Gasteiger partial charge in [-0.25, -0.2) is 4.39 Å². The van der Waals surface area contributed by atoms with Crippen molar-refractivity contribution < 1.29 is 13.9 Å². The van der Waals surface area contributed by atoms with Crippen molar-refractivity contribution in [3.05, 3.63) is 35.6 Å². The summed E-state index contributed by atoms with van der Waals surface area (Å²) in [6.07, 6.45) is 0.479. The standard InChI is InChI=1S/C16H26FNO2/c1-4-15(18)16(13-6-5-7-14(17)10-13)20-9-8-19-11-12(2)3/h5-7,10,12,15-16H,4,8-9,11,18H2,1-3H3. The van der Waals surface area contributed by atoms with E-state index in [1.807, 2.05) is 13.0 Å². The van der Waals surface area contributed by atoms with E-state index in [1.165, 1.54) is 12.1 Å². The molecule has 1 rings (SSSR count). The largest absolute Gasteiger partial charge is 0.379 e. The number of nitrogens with two attached hydrogens (primary N) is 1. The van der Waals surface area contributed by atoms with Crippen molar-refractivity contribution in [2.45, 2.75) is 39.3 Å². The van der Waals surface area contributed by atoms with Gasteiger partial charge >= 0.3 is 0 Å². The van der Waals surface area contributed by atoms with E-state index in [0.29, 0.717) is 25.7 Å². The summed E-state index contributed by atoms with van der Waals surface area (Å²) in [5.74, 6) is 0.238. The van der Waals surface area contributed by atoms with Crippen molar-refractivity contribution in [1.29, 1.82) is 0 Å². The van der Waals surface area contributed by atoms with Crippen molar-refractivity contribution in [2.75, 3.05) is 19.8 Å². The molecule has 0 bridgehead atoms. The number of benzene rings is 1. The van der Waals surface area contributed by atoms with Crippen LogP contribution in [0, 0.1) is 11.7 Å². The lowest BCUT2D eigenvalue weighted by molar-refractivity contribution is -0.0124. The highest BCUT2D eigenvalue weighted by atomic mass is 19.1. The maximum Gasteiger partial charge on any atom is 0.123 e. The van der Waals surface area contributed by atoms with Crippen LogP contribution in [0.3, 0.4) is 0 Å². The summed E-state index contributed by atoms with van der Waals surface area (Å²) in [4.78, 5) is 0. The van der Waals surface area contributed by atoms with Crippen LogP contribution in [0.2, 0.25) is 0 Å². The summed E-state index contributed by atoms with van der Waals surface area (Å²) in [6.45, 7) is 7.90. The van der Waals surface area contributed by atoms with Gasteiger partial charge in [-0.1, -0.05) is 32.9 Å². The molecule has 0 amide bonds. The minimum absolute atomic E-state index is 0.151. The maximum atomic E-state index is 13.3. The first-order valence-electron chi connectivity index (χ1n) is 7.25. The number of ether oxygens (including phenoxy) is 2. The fourth-order valence-electron chi connectivity index (χ4n) is 1.92. The van der Waals surface area contributed by atoms with Crippen LogP contribution in [0.5, 0.6) is 0 Å². The molecule has 0 aromatic heterocycles. The zero-order valence-electron chi connectivity index (χ0n) is 12.6. The van der Waals surface area contributed by atoms with Crippen molar-refractivity contribution >= 4 is 0 Å². The molecular formula is C16H26FNO2. The summed E-state index contributed by atoms with van der Waals surface area (Å²) in [5, 5.41) is 0. The van der Waals surface area contributed by atoms with Crippen LogP contribution in [0.25, 0.3) is 0 Å². The molecule has 0 saturated heterocycles. The Morgan fingerprint density at radius 1 is 1.25 bits per heavy atom. The fourth-order valence-corrected chi connectivity index (χ4v) is 1.92. The van der Waals surface area contributed by atoms with E-state index in [0.717, 1.165) is 12.0 Å². The first-order valence-corrected chi connectivity index (χ1v) is 7.25. The molecule has 3 nitrogen and oxygen atoms in total. The second kappa shape index (κ2) is 9.06. The van der Waals surface area contributed by atoms with Gasteiger partial charge in [-0.05, 0) is 30.0 Å². The summed E-state index contributed by atoms with van der Waals surface area (Å²) >= 11 is 0. The van der Waals surface area contributed by atoms with Gasteiger partial charge in [0.25, 0.3) is 0 Å². The molecule has 0 aliphatic heterocycles. The Morgan fingerprint density at radius 3 is 2.60 bits per heavy atom. The fraction of sp³-hybridized carbons (Fsp3) is 0.625. The van der Waals surface area contributed by atoms with E-state index in [2.05, 4.69) is 13.8 Å². The summed E-state index contributed by atoms with van der Waals surface area (Å²) in [5.41, 5.74) is 6.85. The lowest BCUT2D eigenvalue weighted by Gasteiger charge is -2.24. The molecule has 1 aromatic rings. The van der Waals surface area contributed by atoms with Crippen LogP contribution in [0.1, 0.15) is 38.9 Å². The lowest BCUT2D eigenvalue weighted by atomic mass is 10.0. The highest BCUT2D eigenvalue weighted by Crippen LogP contribution is 2.22. The Morgan fingerprint density at radius 2 is 2.00 bits per heavy atom. The van der Waals surface area contributed by atoms with E-state index in [-0.39, 0.29) is 18.0 Å². The normalized spacial score (nSPS) is 14.5. The Hall–Kier alpha value is -0.970. The van der Waals surface area contributed by atoms with E-state index < -0.39 is 0 Å². The predicted molar refractivity (Wildman–Crippen MR) is 79.0 cm³/mol. The maximum absolute atomic E-state index is 13.3. The van der Waals surface area contributed by atoms with E-state index >= 15 is 0 Å². The molecule has 2 unspecified atom stereocenters. The number of hydrogen-bond donors (Lipinski definition) is 1. The molecular weight excluding hydrogens is 257 g/mol. The van der Waals surface area contributed by atoms with Crippen LogP contribution in [0.15, 0.2) is 24.3 Å². The first-order chi connectivity index (χ1) is 9.54. The lowest BCUT2D eigenvalue weighted by Crippen LogP contribution is -2.30. The van der Waals surface area contributed by atoms with Crippen molar-refractivity contribution in [2.24, 2.45) is 11.7 Å². The Bertz CT molecular complexity index is 384. The van der Waals surface area contributed by atoms with Gasteiger partial charge in [-0.15, -0.1) is 0 Å². The average Bonchev–Trinajstić information content (AvgIpc) is 2.41. The topological polar surface area (TPSA) is 44.5 Å². The number of hydrogen-bond acceptors (Lipinski definition) is 3. The van der Waals surface area contributed by atoms with Crippen LogP contribution in [-0.4, -0.2) is 25.9 Å². The molecule has 2 N–H and O–H groups in total. The van der Waals surface area contributed by atoms with Gasteiger partial charge in [-0.2, -0.15) is 0 Å². The van der Waals surface area contributed by atoms with Gasteiger partial charge in [0, 0.05) is 12.6 Å². The third-order valence-corrected chi connectivity index (χ3v) is 3.01. The zero-order chi connectivity index (χ0) is 15.0. The van der Waals surface area contributed by atoms with Gasteiger partial charge in [0.15, 0.2) is 0 Å². The van der Waals surface area contributed by atoms with Gasteiger partial charge in [0.1, 0.15) is 5.82 Å². The van der Waals surface area contributed by atoms with Gasteiger partial charge < -0.3 is 15.2 Å². The first kappa shape index (κ1) is 17.1. The monoisotopic (exact) mass is 283 g/mol. The van der Waals surface area contributed by atoms with E-state index in [1.54, 1.807) is 6.07 Å². The molecule has 2 atom stereocenters. The second-order valence-corrected chi connectivity index (χ2v) is 5.39. The molecule has 0 saturated carbocycles. The Kier molecular flexibility index (Phi) is 7.73. The van der Waals surface area contributed by atoms with Crippen molar-refractivity contribution in [1.82, 2.24) is 0 Å². The second-order valence-electron chi connectivity index (χ2n) is 5.39. The van der Waals surface area contributed by atoms with Crippen molar-refractivity contribution in [3.8, 4) is 0 Å². The quantitative estimate of drug-likeness (QED) is 0.707. The minimum Gasteiger partial charge on any atom is -0.379 e. The zero-order valence-corrected chi connectivity index (χ0v) is 12.6. The summed E-state index contributed by atoms with van der Waals surface area (Å²) < 4.78 is 24.6. The van der Waals surface area contributed by atoms with Gasteiger partial charge in [0.05, 0.1) is 19.3 Å². The smallest absolute Gasteiger partial charge is 0.123 e. The highest BCUT2D eigenvalue weighted by molar-refractivity contribution is 5.20. The molecule has 0 radical (unpaired) electrons. The Balaban J connectivity index is 2.53. The van der Waals surface area contributed by atoms with Gasteiger partial charge in [0.2, 0.25) is 0 Å². The highest BCUT2D eigenvalue weighted by Gasteiger charge is 2.19. The predicted octanol–water partition coefficient (Wildman–Crippen LogP) is 3.29. The third kappa shape index (κ3) is 5.99. The van der Waals surface area contributed by atoms with Gasteiger partial charge in [-0.3, -0.25) is 0 Å². The molecule has 0 heterocycles.